The second-order valence-corrected chi connectivity index (χ2v) is 7.58. The van der Waals surface area contributed by atoms with E-state index in [1.807, 2.05) is 53.4 Å². The van der Waals surface area contributed by atoms with Crippen molar-refractivity contribution in [2.75, 3.05) is 0 Å². The topological polar surface area (TPSA) is 76.0 Å². The van der Waals surface area contributed by atoms with Crippen molar-refractivity contribution in [2.24, 2.45) is 0 Å². The van der Waals surface area contributed by atoms with E-state index >= 15 is 0 Å². The van der Waals surface area contributed by atoms with Crippen molar-refractivity contribution in [1.29, 1.82) is 0 Å². The minimum Gasteiger partial charge on any atom is -0.348 e. The van der Waals surface area contributed by atoms with Gasteiger partial charge in [-0.1, -0.05) is 30.3 Å². The Bertz CT molecular complexity index is 977. The number of aromatic nitrogens is 2. The molecule has 7 heteroatoms. The van der Waals surface area contributed by atoms with E-state index < -0.39 is 0 Å². The lowest BCUT2D eigenvalue weighted by atomic mass is 10.1. The highest BCUT2D eigenvalue weighted by Crippen LogP contribution is 2.21. The Morgan fingerprint density at radius 1 is 1.22 bits per heavy atom. The molecule has 0 spiro atoms. The molecule has 1 aliphatic heterocycles. The Hall–Kier alpha value is -2.93. The van der Waals surface area contributed by atoms with E-state index in [1.54, 1.807) is 6.20 Å². The summed E-state index contributed by atoms with van der Waals surface area (Å²) in [5.41, 5.74) is 3.48. The number of benzene rings is 1. The summed E-state index contributed by atoms with van der Waals surface area (Å²) in [7, 11) is 0. The molecule has 0 fully saturated rings. The van der Waals surface area contributed by atoms with E-state index in [-0.39, 0.29) is 17.9 Å². The molecule has 0 bridgehead atoms. The summed E-state index contributed by atoms with van der Waals surface area (Å²) in [4.78, 5) is 25.7. The molecule has 0 saturated heterocycles. The fourth-order valence-electron chi connectivity index (χ4n) is 3.31. The fraction of sp³-hybridized carbons (Fsp3) is 0.250. The van der Waals surface area contributed by atoms with Crippen LogP contribution >= 0.6 is 11.3 Å². The van der Waals surface area contributed by atoms with Crippen molar-refractivity contribution in [3.8, 4) is 0 Å². The van der Waals surface area contributed by atoms with Gasteiger partial charge in [-0.3, -0.25) is 14.3 Å². The van der Waals surface area contributed by atoms with Crippen LogP contribution in [0.3, 0.4) is 0 Å². The molecule has 0 radical (unpaired) electrons. The average molecular weight is 380 g/mol. The highest BCUT2D eigenvalue weighted by Gasteiger charge is 2.29. The summed E-state index contributed by atoms with van der Waals surface area (Å²) in [5, 5.41) is 12.2. The molecule has 0 unspecified atom stereocenters. The van der Waals surface area contributed by atoms with E-state index in [9.17, 15) is 9.59 Å². The van der Waals surface area contributed by atoms with Crippen LogP contribution in [0.15, 0.2) is 48.0 Å². The Kier molecular flexibility index (Phi) is 4.77. The molecule has 2 aromatic heterocycles. The number of hydrogen-bond acceptors (Lipinski definition) is 4. The third kappa shape index (κ3) is 3.64. The van der Waals surface area contributed by atoms with Crippen molar-refractivity contribution in [2.45, 2.75) is 32.5 Å². The minimum absolute atomic E-state index is 0.0524. The molecule has 0 saturated carbocycles. The Balaban J connectivity index is 1.39. The molecule has 138 valence electrons. The van der Waals surface area contributed by atoms with Gasteiger partial charge < -0.3 is 10.6 Å². The molecule has 0 aliphatic carbocycles. The van der Waals surface area contributed by atoms with Gasteiger partial charge in [0.25, 0.3) is 11.8 Å². The first-order valence-corrected chi connectivity index (χ1v) is 9.71. The zero-order valence-electron chi connectivity index (χ0n) is 14.9. The van der Waals surface area contributed by atoms with Gasteiger partial charge in [-0.05, 0) is 29.5 Å². The number of thiophene rings is 1. The van der Waals surface area contributed by atoms with Gasteiger partial charge in [0.05, 0.1) is 34.9 Å². The highest BCUT2D eigenvalue weighted by molar-refractivity contribution is 7.12. The molecule has 4 rings (SSSR count). The number of hydrogen-bond donors (Lipinski definition) is 2. The maximum absolute atomic E-state index is 12.5. The van der Waals surface area contributed by atoms with Crippen LogP contribution in [0.5, 0.6) is 0 Å². The lowest BCUT2D eigenvalue weighted by Gasteiger charge is -2.11. The third-order valence-corrected chi connectivity index (χ3v) is 5.74. The zero-order valence-corrected chi connectivity index (χ0v) is 15.8. The molecule has 2 N–H and O–H groups in total. The van der Waals surface area contributed by atoms with Gasteiger partial charge >= 0.3 is 0 Å². The van der Waals surface area contributed by atoms with Crippen molar-refractivity contribution in [3.05, 3.63) is 75.2 Å². The first-order valence-electron chi connectivity index (χ1n) is 8.83. The SMILES string of the molecule is Cc1ccsc1C(=O)N[C@H]1Cc2c(C(=O)NCc3ccccc3)cnn2C1. The van der Waals surface area contributed by atoms with Crippen molar-refractivity contribution in [1.82, 2.24) is 20.4 Å². The number of nitrogens with zero attached hydrogens (tertiary/aromatic N) is 2. The van der Waals surface area contributed by atoms with Crippen LogP contribution in [-0.4, -0.2) is 27.6 Å². The minimum atomic E-state index is -0.138. The molecule has 3 heterocycles. The van der Waals surface area contributed by atoms with E-state index in [4.69, 9.17) is 0 Å². The molecule has 2 amide bonds. The summed E-state index contributed by atoms with van der Waals surface area (Å²) in [5.74, 6) is -0.200. The van der Waals surface area contributed by atoms with Gasteiger partial charge in [-0.2, -0.15) is 5.10 Å². The van der Waals surface area contributed by atoms with Crippen LogP contribution in [0.2, 0.25) is 0 Å². The molecule has 3 aromatic rings. The van der Waals surface area contributed by atoms with Gasteiger partial charge in [0, 0.05) is 13.0 Å². The van der Waals surface area contributed by atoms with E-state index in [0.717, 1.165) is 21.7 Å². The van der Waals surface area contributed by atoms with Crippen LogP contribution in [0.25, 0.3) is 0 Å². The molecule has 1 aliphatic rings. The summed E-state index contributed by atoms with van der Waals surface area (Å²) in [6, 6.07) is 11.7. The molecule has 1 atom stereocenters. The average Bonchev–Trinajstić information content (AvgIpc) is 3.36. The van der Waals surface area contributed by atoms with E-state index in [0.29, 0.717) is 25.1 Å². The van der Waals surface area contributed by atoms with Crippen LogP contribution in [0.4, 0.5) is 0 Å². The Morgan fingerprint density at radius 2 is 2.04 bits per heavy atom. The van der Waals surface area contributed by atoms with Crippen molar-refractivity contribution in [3.63, 3.8) is 0 Å². The van der Waals surface area contributed by atoms with Crippen LogP contribution in [-0.2, 0) is 19.5 Å². The number of aryl methyl sites for hydroxylation is 1. The number of carbonyl (C=O) groups excluding carboxylic acids is 2. The predicted octanol–water partition coefficient (Wildman–Crippen LogP) is 2.54. The highest BCUT2D eigenvalue weighted by atomic mass is 32.1. The summed E-state index contributed by atoms with van der Waals surface area (Å²) < 4.78 is 1.81. The monoisotopic (exact) mass is 380 g/mol. The molecule has 6 nitrogen and oxygen atoms in total. The lowest BCUT2D eigenvalue weighted by molar-refractivity contribution is 0.0937. The van der Waals surface area contributed by atoms with Gasteiger partial charge in [0.15, 0.2) is 0 Å². The summed E-state index contributed by atoms with van der Waals surface area (Å²) >= 11 is 1.44. The smallest absolute Gasteiger partial charge is 0.261 e. The molecular weight excluding hydrogens is 360 g/mol. The Labute approximate surface area is 161 Å². The lowest BCUT2D eigenvalue weighted by Crippen LogP contribution is -2.36. The Morgan fingerprint density at radius 3 is 2.78 bits per heavy atom. The second-order valence-electron chi connectivity index (χ2n) is 6.66. The number of amides is 2. The first-order chi connectivity index (χ1) is 13.1. The first kappa shape index (κ1) is 17.5. The van der Waals surface area contributed by atoms with Crippen LogP contribution < -0.4 is 10.6 Å². The van der Waals surface area contributed by atoms with Crippen molar-refractivity contribution < 1.29 is 9.59 Å². The predicted molar refractivity (Wildman–Crippen MR) is 104 cm³/mol. The van der Waals surface area contributed by atoms with Crippen LogP contribution in [0.1, 0.15) is 36.9 Å². The maximum Gasteiger partial charge on any atom is 0.261 e. The normalized spacial score (nSPS) is 15.4. The maximum atomic E-state index is 12.5. The largest absolute Gasteiger partial charge is 0.348 e. The zero-order chi connectivity index (χ0) is 18.8. The number of carbonyl (C=O) groups is 2. The van der Waals surface area contributed by atoms with Crippen molar-refractivity contribution >= 4 is 23.2 Å². The van der Waals surface area contributed by atoms with E-state index in [1.165, 1.54) is 11.3 Å². The summed E-state index contributed by atoms with van der Waals surface area (Å²) in [6.07, 6.45) is 2.21. The molecular formula is C20H20N4O2S. The quantitative estimate of drug-likeness (QED) is 0.714. The van der Waals surface area contributed by atoms with Gasteiger partial charge in [-0.15, -0.1) is 11.3 Å². The fourth-order valence-corrected chi connectivity index (χ4v) is 4.13. The molecule has 27 heavy (non-hydrogen) atoms. The number of nitrogens with one attached hydrogen (secondary N) is 2. The van der Waals surface area contributed by atoms with Gasteiger partial charge in [0.1, 0.15) is 0 Å². The standard InChI is InChI=1S/C20H20N4O2S/c1-13-7-8-27-18(13)20(26)23-15-9-17-16(11-22-24(17)12-15)19(25)21-10-14-5-3-2-4-6-14/h2-8,11,15H,9-10,12H2,1H3,(H,21,25)(H,23,26)/t15-/m0/s1. The second kappa shape index (κ2) is 7.36. The third-order valence-electron chi connectivity index (χ3n) is 4.73. The van der Waals surface area contributed by atoms with Crippen LogP contribution in [0, 0.1) is 6.92 Å². The van der Waals surface area contributed by atoms with Gasteiger partial charge in [0.2, 0.25) is 0 Å². The molecule has 1 aromatic carbocycles. The number of rotatable bonds is 5. The van der Waals surface area contributed by atoms with Gasteiger partial charge in [-0.25, -0.2) is 0 Å². The number of fused-ring (bicyclic) bond motifs is 1. The summed E-state index contributed by atoms with van der Waals surface area (Å²) in [6.45, 7) is 2.99. The van der Waals surface area contributed by atoms with E-state index in [2.05, 4.69) is 15.7 Å².